The number of primary amides is 1. The number of aryl methyl sites for hydroxylation is 1. The number of hydrogen-bond donors (Lipinski definition) is 9. The van der Waals surface area contributed by atoms with Crippen LogP contribution in [0.3, 0.4) is 0 Å². The second-order valence-electron chi connectivity index (χ2n) is 7.49. The summed E-state index contributed by atoms with van der Waals surface area (Å²) in [6, 6.07) is -3.98. The van der Waals surface area contributed by atoms with E-state index in [1.165, 1.54) is 6.92 Å². The molecule has 0 bridgehead atoms. The number of aliphatic hydroxyl groups excluding tert-OH is 4. The zero-order valence-corrected chi connectivity index (χ0v) is 17.6. The van der Waals surface area contributed by atoms with Crippen molar-refractivity contribution in [1.82, 2.24) is 14.9 Å². The molecular weight excluding hydrogens is 466 g/mol. The largest absolute Gasteiger partial charge is 0.480 e. The Morgan fingerprint density at radius 2 is 1.88 bits per heavy atom. The second kappa shape index (κ2) is 10.7. The number of nitrogens with two attached hydrogens (primary N) is 2. The molecule has 8 atom stereocenters. The van der Waals surface area contributed by atoms with Crippen LogP contribution in [0, 0.1) is 6.92 Å². The number of carbonyl (C=O) groups excluding carboxylic acids is 2. The molecule has 1 aromatic rings. The maximum atomic E-state index is 12.4. The van der Waals surface area contributed by atoms with Gasteiger partial charge in [0.1, 0.15) is 43.2 Å². The van der Waals surface area contributed by atoms with Crippen LogP contribution in [-0.2, 0) is 19.1 Å². The van der Waals surface area contributed by atoms with Gasteiger partial charge in [-0.3, -0.25) is 19.1 Å². The van der Waals surface area contributed by atoms with E-state index in [1.807, 2.05) is 10.3 Å². The molecule has 11 N–H and O–H groups in total. The lowest BCUT2D eigenvalue weighted by atomic mass is 10.0. The van der Waals surface area contributed by atoms with E-state index in [2.05, 4.69) is 4.74 Å². The molecule has 1 saturated heterocycles. The molecule has 0 saturated carbocycles. The summed E-state index contributed by atoms with van der Waals surface area (Å²) in [5.41, 5.74) is 8.58. The Balaban J connectivity index is 2.20. The third-order valence-corrected chi connectivity index (χ3v) is 5.05. The molecule has 34 heavy (non-hydrogen) atoms. The number of carboxylic acids is 1. The van der Waals surface area contributed by atoms with Crippen LogP contribution in [0.25, 0.3) is 0 Å². The Morgan fingerprint density at radius 3 is 2.44 bits per heavy atom. The van der Waals surface area contributed by atoms with Crippen molar-refractivity contribution in [3.63, 3.8) is 0 Å². The molecule has 2 heterocycles. The SMILES string of the molecule is Cc1cn(C2OC([C@H](NC(=O)[C@@H](N)[C@H](O)[C@@H](O)COC(N)=O)C(=O)O)[C@@H](O)[C@H]2O)c(=O)[nH]c1=O. The summed E-state index contributed by atoms with van der Waals surface area (Å²) in [6.45, 7) is 0.533. The average molecular weight is 491 g/mol. The molecule has 0 aromatic carbocycles. The van der Waals surface area contributed by atoms with Crippen LogP contribution >= 0.6 is 0 Å². The number of aromatic nitrogens is 2. The standard InChI is InChI=1S/C17H25N5O12/c1-4-2-22(17(32)21-12(4)27)14-10(26)9(25)11(34-14)7(15(29)30)20-13(28)6(18)8(24)5(23)3-33-16(19)31/h2,5-11,14,23-26H,3,18H2,1H3,(H2,19,31)(H,20,28)(H,29,30)(H,21,27,32)/t5-,6-,7-,8+,9-,10+,11?,14?/m0/s1. The zero-order valence-electron chi connectivity index (χ0n) is 17.6. The van der Waals surface area contributed by atoms with Crippen molar-refractivity contribution >= 4 is 18.0 Å². The Bertz CT molecular complexity index is 1040. The lowest BCUT2D eigenvalue weighted by Crippen LogP contribution is -2.60. The molecule has 1 aliphatic heterocycles. The van der Waals surface area contributed by atoms with Crippen LogP contribution in [0.1, 0.15) is 11.8 Å². The van der Waals surface area contributed by atoms with Gasteiger partial charge in [-0.05, 0) is 6.92 Å². The third-order valence-electron chi connectivity index (χ3n) is 5.05. The summed E-state index contributed by atoms with van der Waals surface area (Å²) in [5.74, 6) is -3.06. The minimum Gasteiger partial charge on any atom is -0.480 e. The highest BCUT2D eigenvalue weighted by Crippen LogP contribution is 2.30. The lowest BCUT2D eigenvalue weighted by Gasteiger charge is -2.27. The number of nitrogens with zero attached hydrogens (tertiary/aromatic N) is 1. The van der Waals surface area contributed by atoms with E-state index in [9.17, 15) is 49.5 Å². The molecule has 1 fully saturated rings. The molecular formula is C17H25N5O12. The molecule has 1 aromatic heterocycles. The Labute approximate surface area is 189 Å². The number of amides is 2. The lowest BCUT2D eigenvalue weighted by molar-refractivity contribution is -0.150. The van der Waals surface area contributed by atoms with Gasteiger partial charge in [-0.15, -0.1) is 0 Å². The summed E-state index contributed by atoms with van der Waals surface area (Å²) in [4.78, 5) is 60.3. The van der Waals surface area contributed by atoms with E-state index in [0.29, 0.717) is 0 Å². The van der Waals surface area contributed by atoms with E-state index >= 15 is 0 Å². The summed E-state index contributed by atoms with van der Waals surface area (Å²) >= 11 is 0. The topological polar surface area (TPSA) is 290 Å². The van der Waals surface area contributed by atoms with Crippen LogP contribution in [-0.4, -0.2) is 102 Å². The van der Waals surface area contributed by atoms with Crippen LogP contribution in [0.4, 0.5) is 4.79 Å². The first-order valence-electron chi connectivity index (χ1n) is 9.67. The van der Waals surface area contributed by atoms with Crippen LogP contribution in [0.2, 0.25) is 0 Å². The molecule has 2 amide bonds. The maximum Gasteiger partial charge on any atom is 0.404 e. The fraction of sp³-hybridized carbons (Fsp3) is 0.588. The molecule has 17 nitrogen and oxygen atoms in total. The first kappa shape index (κ1) is 26.9. The number of aromatic amines is 1. The third kappa shape index (κ3) is 5.76. The fourth-order valence-electron chi connectivity index (χ4n) is 3.16. The monoisotopic (exact) mass is 491 g/mol. The van der Waals surface area contributed by atoms with Crippen molar-refractivity contribution in [1.29, 1.82) is 0 Å². The van der Waals surface area contributed by atoms with Crippen molar-refractivity contribution in [3.05, 3.63) is 32.6 Å². The van der Waals surface area contributed by atoms with Gasteiger partial charge in [0, 0.05) is 11.8 Å². The number of rotatable bonds is 9. The number of aliphatic carboxylic acids is 1. The highest BCUT2D eigenvalue weighted by molar-refractivity contribution is 5.87. The van der Waals surface area contributed by atoms with E-state index < -0.39 is 84.7 Å². The van der Waals surface area contributed by atoms with Crippen LogP contribution in [0.5, 0.6) is 0 Å². The van der Waals surface area contributed by atoms with Gasteiger partial charge in [0.05, 0.1) is 0 Å². The number of ether oxygens (including phenoxy) is 2. The van der Waals surface area contributed by atoms with Gasteiger partial charge in [-0.2, -0.15) is 0 Å². The predicted molar refractivity (Wildman–Crippen MR) is 107 cm³/mol. The minimum atomic E-state index is -2.04. The van der Waals surface area contributed by atoms with E-state index in [4.69, 9.17) is 16.2 Å². The van der Waals surface area contributed by atoms with Crippen LogP contribution in [0.15, 0.2) is 15.8 Å². The highest BCUT2D eigenvalue weighted by atomic mass is 16.6. The summed E-state index contributed by atoms with van der Waals surface area (Å²) < 4.78 is 10.4. The van der Waals surface area contributed by atoms with Gasteiger partial charge in [0.2, 0.25) is 5.91 Å². The first-order valence-corrected chi connectivity index (χ1v) is 9.67. The number of carbonyl (C=O) groups is 3. The quantitative estimate of drug-likeness (QED) is 0.156. The van der Waals surface area contributed by atoms with Gasteiger partial charge < -0.3 is 51.8 Å². The van der Waals surface area contributed by atoms with Gasteiger partial charge in [0.15, 0.2) is 12.3 Å². The van der Waals surface area contributed by atoms with Crippen molar-refractivity contribution in [2.45, 2.75) is 55.8 Å². The zero-order chi connectivity index (χ0) is 25.9. The Morgan fingerprint density at radius 1 is 1.26 bits per heavy atom. The minimum absolute atomic E-state index is 0.0512. The second-order valence-corrected chi connectivity index (χ2v) is 7.49. The Kier molecular flexibility index (Phi) is 8.48. The number of nitrogens with one attached hydrogen (secondary N) is 2. The van der Waals surface area contributed by atoms with E-state index in [0.717, 1.165) is 10.8 Å². The normalized spacial score (nSPS) is 25.7. The molecule has 0 radical (unpaired) electrons. The molecule has 0 spiro atoms. The first-order chi connectivity index (χ1) is 15.8. The van der Waals surface area contributed by atoms with Crippen molar-refractivity contribution < 1.29 is 49.4 Å². The average Bonchev–Trinajstić information content (AvgIpc) is 3.05. The molecule has 2 unspecified atom stereocenters. The molecule has 0 aliphatic carbocycles. The maximum absolute atomic E-state index is 12.4. The van der Waals surface area contributed by atoms with Gasteiger partial charge in [-0.25, -0.2) is 14.4 Å². The van der Waals surface area contributed by atoms with Gasteiger partial charge >= 0.3 is 17.8 Å². The smallest absolute Gasteiger partial charge is 0.404 e. The molecule has 2 rings (SSSR count). The van der Waals surface area contributed by atoms with E-state index in [1.54, 1.807) is 0 Å². The predicted octanol–water partition coefficient (Wildman–Crippen LogP) is -5.82. The number of aliphatic hydroxyl groups is 4. The molecule has 1 aliphatic rings. The van der Waals surface area contributed by atoms with Gasteiger partial charge in [0.25, 0.3) is 5.56 Å². The summed E-state index contributed by atoms with van der Waals surface area (Å²) in [5, 5.41) is 51.8. The van der Waals surface area contributed by atoms with Gasteiger partial charge in [-0.1, -0.05) is 0 Å². The van der Waals surface area contributed by atoms with Crippen molar-refractivity contribution in [3.8, 4) is 0 Å². The van der Waals surface area contributed by atoms with E-state index in [-0.39, 0.29) is 5.56 Å². The summed E-state index contributed by atoms with van der Waals surface area (Å²) in [7, 11) is 0. The van der Waals surface area contributed by atoms with Crippen LogP contribution < -0.4 is 28.0 Å². The molecule has 17 heteroatoms. The summed E-state index contributed by atoms with van der Waals surface area (Å²) in [6.07, 6.45) is -11.3. The molecule has 190 valence electrons. The Hall–Kier alpha value is -3.35. The highest BCUT2D eigenvalue weighted by Gasteiger charge is 2.50. The fourth-order valence-corrected chi connectivity index (χ4v) is 3.16. The number of H-pyrrole nitrogens is 1. The van der Waals surface area contributed by atoms with Crippen molar-refractivity contribution in [2.24, 2.45) is 11.5 Å². The number of hydrogen-bond acceptors (Lipinski definition) is 12. The number of carboxylic acid groups (broad SMARTS) is 1. The van der Waals surface area contributed by atoms with Crippen molar-refractivity contribution in [2.75, 3.05) is 6.61 Å².